The monoisotopic (exact) mass is 317 g/mol. The number of nitrogens with zero attached hydrogens (tertiary/aromatic N) is 1. The number of pyridine rings is 1. The first-order valence-corrected chi connectivity index (χ1v) is 7.46. The number of benzene rings is 1. The van der Waals surface area contributed by atoms with E-state index in [1.807, 2.05) is 32.0 Å². The van der Waals surface area contributed by atoms with Crippen molar-refractivity contribution in [2.24, 2.45) is 0 Å². The minimum Gasteiger partial charge on any atom is -0.327 e. The molecule has 2 amide bonds. The van der Waals surface area contributed by atoms with Gasteiger partial charge in [-0.05, 0) is 37.6 Å². The highest BCUT2D eigenvalue weighted by Gasteiger charge is 2.29. The SMILES string of the molecule is CCn1c(C)cc2c(c1=O)C(c1ccc(Cl)cc1)NC(=O)N2. The van der Waals surface area contributed by atoms with Crippen LogP contribution < -0.4 is 16.2 Å². The topological polar surface area (TPSA) is 63.1 Å². The molecule has 0 saturated heterocycles. The summed E-state index contributed by atoms with van der Waals surface area (Å²) < 4.78 is 1.70. The van der Waals surface area contributed by atoms with Gasteiger partial charge < -0.3 is 15.2 Å². The van der Waals surface area contributed by atoms with E-state index in [1.54, 1.807) is 16.7 Å². The number of amides is 2. The Morgan fingerprint density at radius 2 is 1.91 bits per heavy atom. The van der Waals surface area contributed by atoms with Crippen LogP contribution in [0.2, 0.25) is 5.02 Å². The average molecular weight is 318 g/mol. The molecule has 5 nitrogen and oxygen atoms in total. The predicted molar refractivity (Wildman–Crippen MR) is 86.6 cm³/mol. The van der Waals surface area contributed by atoms with E-state index >= 15 is 0 Å². The zero-order chi connectivity index (χ0) is 15.9. The first-order valence-electron chi connectivity index (χ1n) is 7.08. The molecule has 0 spiro atoms. The molecule has 1 aromatic carbocycles. The zero-order valence-electron chi connectivity index (χ0n) is 12.3. The minimum absolute atomic E-state index is 0.0926. The third-order valence-corrected chi connectivity index (χ3v) is 4.13. The Hall–Kier alpha value is -2.27. The van der Waals surface area contributed by atoms with Crippen molar-refractivity contribution in [3.05, 3.63) is 62.5 Å². The Labute approximate surface area is 132 Å². The summed E-state index contributed by atoms with van der Waals surface area (Å²) in [6, 6.07) is 8.17. The van der Waals surface area contributed by atoms with Gasteiger partial charge in [0.15, 0.2) is 0 Å². The third-order valence-electron chi connectivity index (χ3n) is 3.88. The van der Waals surface area contributed by atoms with Gasteiger partial charge in [0, 0.05) is 17.3 Å². The van der Waals surface area contributed by atoms with Crippen molar-refractivity contribution in [2.45, 2.75) is 26.4 Å². The van der Waals surface area contributed by atoms with Gasteiger partial charge in [-0.1, -0.05) is 23.7 Å². The van der Waals surface area contributed by atoms with E-state index in [0.717, 1.165) is 11.3 Å². The summed E-state index contributed by atoms with van der Waals surface area (Å²) in [5.41, 5.74) is 2.67. The average Bonchev–Trinajstić information content (AvgIpc) is 2.47. The number of carbonyl (C=O) groups is 1. The highest BCUT2D eigenvalue weighted by Crippen LogP contribution is 2.30. The van der Waals surface area contributed by atoms with Crippen LogP contribution in [0.25, 0.3) is 0 Å². The van der Waals surface area contributed by atoms with Gasteiger partial charge in [0.1, 0.15) is 0 Å². The number of hydrogen-bond acceptors (Lipinski definition) is 2. The van der Waals surface area contributed by atoms with Crippen molar-refractivity contribution in [3.8, 4) is 0 Å². The highest BCUT2D eigenvalue weighted by molar-refractivity contribution is 6.30. The largest absolute Gasteiger partial charge is 0.327 e. The fourth-order valence-corrected chi connectivity index (χ4v) is 2.95. The summed E-state index contributed by atoms with van der Waals surface area (Å²) in [6.07, 6.45) is 0. The maximum atomic E-state index is 12.8. The quantitative estimate of drug-likeness (QED) is 0.894. The van der Waals surface area contributed by atoms with Crippen molar-refractivity contribution < 1.29 is 4.79 Å². The Bertz CT molecular complexity index is 796. The van der Waals surface area contributed by atoms with Crippen LogP contribution in [0.4, 0.5) is 10.5 Å². The van der Waals surface area contributed by atoms with Crippen LogP contribution in [-0.4, -0.2) is 10.6 Å². The van der Waals surface area contributed by atoms with Crippen LogP contribution in [0.15, 0.2) is 35.1 Å². The molecule has 1 aromatic heterocycles. The summed E-state index contributed by atoms with van der Waals surface area (Å²) >= 11 is 5.91. The van der Waals surface area contributed by atoms with E-state index in [9.17, 15) is 9.59 Å². The van der Waals surface area contributed by atoms with E-state index in [4.69, 9.17) is 11.6 Å². The summed E-state index contributed by atoms with van der Waals surface area (Å²) in [5.74, 6) is 0. The lowest BCUT2D eigenvalue weighted by Gasteiger charge is -2.28. The molecule has 2 N–H and O–H groups in total. The fraction of sp³-hybridized carbons (Fsp3) is 0.250. The zero-order valence-corrected chi connectivity index (χ0v) is 13.1. The molecular formula is C16H16ClN3O2. The van der Waals surface area contributed by atoms with Gasteiger partial charge in [0.2, 0.25) is 0 Å². The number of anilines is 1. The van der Waals surface area contributed by atoms with Gasteiger partial charge in [-0.3, -0.25) is 4.79 Å². The lowest BCUT2D eigenvalue weighted by atomic mass is 9.96. The molecule has 2 heterocycles. The number of halogens is 1. The van der Waals surface area contributed by atoms with E-state index in [2.05, 4.69) is 10.6 Å². The van der Waals surface area contributed by atoms with Crippen LogP contribution in [0.5, 0.6) is 0 Å². The molecule has 114 valence electrons. The molecule has 1 unspecified atom stereocenters. The Balaban J connectivity index is 2.22. The number of fused-ring (bicyclic) bond motifs is 1. The van der Waals surface area contributed by atoms with Gasteiger partial charge >= 0.3 is 6.03 Å². The van der Waals surface area contributed by atoms with E-state index in [1.165, 1.54) is 0 Å². The van der Waals surface area contributed by atoms with Crippen molar-refractivity contribution in [3.63, 3.8) is 0 Å². The second-order valence-corrected chi connectivity index (χ2v) is 5.68. The Morgan fingerprint density at radius 1 is 1.23 bits per heavy atom. The molecule has 0 aliphatic carbocycles. The normalized spacial score (nSPS) is 16.7. The maximum Gasteiger partial charge on any atom is 0.320 e. The van der Waals surface area contributed by atoms with Gasteiger partial charge in [-0.25, -0.2) is 4.79 Å². The first-order chi connectivity index (χ1) is 10.5. The standard InChI is InChI=1S/C16H16ClN3O2/c1-3-20-9(2)8-12-13(15(20)21)14(19-16(22)18-12)10-4-6-11(17)7-5-10/h4-8,14H,3H2,1-2H3,(H2,18,19,22). The fourth-order valence-electron chi connectivity index (χ4n) is 2.83. The maximum absolute atomic E-state index is 12.8. The van der Waals surface area contributed by atoms with Gasteiger partial charge in [-0.2, -0.15) is 0 Å². The second kappa shape index (κ2) is 5.50. The van der Waals surface area contributed by atoms with Crippen molar-refractivity contribution in [1.82, 2.24) is 9.88 Å². The minimum atomic E-state index is -0.480. The summed E-state index contributed by atoms with van der Waals surface area (Å²) in [5, 5.41) is 6.14. The number of rotatable bonds is 2. The number of aryl methyl sites for hydroxylation is 1. The highest BCUT2D eigenvalue weighted by atomic mass is 35.5. The smallest absolute Gasteiger partial charge is 0.320 e. The summed E-state index contributed by atoms with van der Waals surface area (Å²) in [4.78, 5) is 24.7. The molecule has 1 aliphatic rings. The number of urea groups is 1. The number of carbonyl (C=O) groups excluding carboxylic acids is 1. The summed E-state index contributed by atoms with van der Waals surface area (Å²) in [6.45, 7) is 4.36. The molecule has 0 saturated carbocycles. The van der Waals surface area contributed by atoms with Crippen LogP contribution in [0.1, 0.15) is 29.8 Å². The van der Waals surface area contributed by atoms with Crippen LogP contribution in [-0.2, 0) is 6.54 Å². The molecule has 0 bridgehead atoms. The van der Waals surface area contributed by atoms with Crippen molar-refractivity contribution in [1.29, 1.82) is 0 Å². The molecule has 2 aromatic rings. The molecule has 1 aliphatic heterocycles. The molecular weight excluding hydrogens is 302 g/mol. The molecule has 0 radical (unpaired) electrons. The number of hydrogen-bond donors (Lipinski definition) is 2. The summed E-state index contributed by atoms with van der Waals surface area (Å²) in [7, 11) is 0. The van der Waals surface area contributed by atoms with Crippen molar-refractivity contribution >= 4 is 23.3 Å². The van der Waals surface area contributed by atoms with Crippen LogP contribution in [0.3, 0.4) is 0 Å². The molecule has 3 rings (SSSR count). The Morgan fingerprint density at radius 3 is 2.55 bits per heavy atom. The third kappa shape index (κ3) is 2.37. The number of aromatic nitrogens is 1. The van der Waals surface area contributed by atoms with E-state index in [-0.39, 0.29) is 11.6 Å². The molecule has 22 heavy (non-hydrogen) atoms. The molecule has 1 atom stereocenters. The lowest BCUT2D eigenvalue weighted by molar-refractivity contribution is 0.249. The van der Waals surface area contributed by atoms with E-state index < -0.39 is 6.04 Å². The van der Waals surface area contributed by atoms with Crippen LogP contribution >= 0.6 is 11.6 Å². The first kappa shape index (κ1) is 14.7. The van der Waals surface area contributed by atoms with Crippen LogP contribution in [0, 0.1) is 6.92 Å². The molecule has 6 heteroatoms. The van der Waals surface area contributed by atoms with Gasteiger partial charge in [0.25, 0.3) is 5.56 Å². The second-order valence-electron chi connectivity index (χ2n) is 5.25. The number of nitrogens with one attached hydrogen (secondary N) is 2. The van der Waals surface area contributed by atoms with Crippen molar-refractivity contribution in [2.75, 3.05) is 5.32 Å². The van der Waals surface area contributed by atoms with Gasteiger partial charge in [0.05, 0.1) is 17.3 Å². The predicted octanol–water partition coefficient (Wildman–Crippen LogP) is 3.05. The van der Waals surface area contributed by atoms with E-state index in [0.29, 0.717) is 22.8 Å². The lowest BCUT2D eigenvalue weighted by Crippen LogP contribution is -2.43. The Kier molecular flexibility index (Phi) is 3.66. The van der Waals surface area contributed by atoms with Gasteiger partial charge in [-0.15, -0.1) is 0 Å². The molecule has 0 fully saturated rings.